The van der Waals surface area contributed by atoms with E-state index in [0.29, 0.717) is 42.6 Å². The number of methoxy groups -OCH3 is 1. The molecule has 2 aromatic carbocycles. The van der Waals surface area contributed by atoms with E-state index in [0.717, 1.165) is 6.08 Å². The normalized spacial score (nSPS) is 17.6. The molecule has 0 aromatic heterocycles. The monoisotopic (exact) mass is 486 g/mol. The standard InChI is InChI=1S/C26H27F3O3.C3H6/c1-16(24(27)14-17(2)31-3)15-32-21-10-6-19(7-11-21)23-13-12-22(25(28)26(23)29)18-4-8-20(30)9-5-18;1-3-2/h6-7,10-14,18,20,30H,1-2,4-5,8-9,15H2,3H3;3H,1H2,2H3/b24-14+;. The highest BCUT2D eigenvalue weighted by Gasteiger charge is 2.25. The van der Waals surface area contributed by atoms with E-state index in [1.165, 1.54) is 7.11 Å². The molecule has 3 nitrogen and oxygen atoms in total. The predicted octanol–water partition coefficient (Wildman–Crippen LogP) is 7.79. The van der Waals surface area contributed by atoms with Gasteiger partial charge in [0, 0.05) is 17.2 Å². The van der Waals surface area contributed by atoms with Crippen molar-refractivity contribution in [3.63, 3.8) is 0 Å². The smallest absolute Gasteiger partial charge is 0.166 e. The quantitative estimate of drug-likeness (QED) is 0.235. The van der Waals surface area contributed by atoms with E-state index >= 15 is 0 Å². The zero-order chi connectivity index (χ0) is 26.0. The molecule has 2 aromatic rings. The molecule has 35 heavy (non-hydrogen) atoms. The summed E-state index contributed by atoms with van der Waals surface area (Å²) in [5.41, 5.74) is 1.14. The van der Waals surface area contributed by atoms with Crippen molar-refractivity contribution in [2.24, 2.45) is 0 Å². The maximum absolute atomic E-state index is 14.8. The van der Waals surface area contributed by atoms with Gasteiger partial charge in [-0.15, -0.1) is 6.58 Å². The second-order valence-electron chi connectivity index (χ2n) is 8.32. The second-order valence-corrected chi connectivity index (χ2v) is 8.32. The number of benzene rings is 2. The van der Waals surface area contributed by atoms with Gasteiger partial charge in [0.15, 0.2) is 11.6 Å². The van der Waals surface area contributed by atoms with E-state index < -0.39 is 17.5 Å². The van der Waals surface area contributed by atoms with Crippen LogP contribution in [0, 0.1) is 11.6 Å². The van der Waals surface area contributed by atoms with Crippen LogP contribution in [-0.2, 0) is 4.74 Å². The predicted molar refractivity (Wildman–Crippen MR) is 135 cm³/mol. The first-order valence-corrected chi connectivity index (χ1v) is 11.5. The third-order valence-corrected chi connectivity index (χ3v) is 5.71. The third kappa shape index (κ3) is 7.89. The van der Waals surface area contributed by atoms with E-state index in [9.17, 15) is 18.3 Å². The molecule has 1 saturated carbocycles. The van der Waals surface area contributed by atoms with E-state index in [1.54, 1.807) is 42.5 Å². The first-order valence-electron chi connectivity index (χ1n) is 11.5. The Morgan fingerprint density at radius 2 is 1.63 bits per heavy atom. The van der Waals surface area contributed by atoms with Gasteiger partial charge in [-0.2, -0.15) is 0 Å². The number of aliphatic hydroxyl groups excluding tert-OH is 1. The van der Waals surface area contributed by atoms with Gasteiger partial charge in [0.05, 0.1) is 13.2 Å². The van der Waals surface area contributed by atoms with Crippen molar-refractivity contribution in [2.75, 3.05) is 13.7 Å². The lowest BCUT2D eigenvalue weighted by Gasteiger charge is -2.26. The molecule has 0 unspecified atom stereocenters. The van der Waals surface area contributed by atoms with Crippen LogP contribution in [0.15, 0.2) is 85.4 Å². The molecule has 0 amide bonds. The summed E-state index contributed by atoms with van der Waals surface area (Å²) >= 11 is 0. The number of ether oxygens (including phenoxy) is 2. The number of hydrogen-bond donors (Lipinski definition) is 1. The maximum atomic E-state index is 14.8. The van der Waals surface area contributed by atoms with Gasteiger partial charge in [0.2, 0.25) is 0 Å². The van der Waals surface area contributed by atoms with Gasteiger partial charge in [-0.1, -0.05) is 43.5 Å². The lowest BCUT2D eigenvalue weighted by atomic mass is 9.82. The fourth-order valence-electron chi connectivity index (χ4n) is 3.76. The molecular formula is C29H33F3O3. The topological polar surface area (TPSA) is 38.7 Å². The molecule has 0 saturated heterocycles. The van der Waals surface area contributed by atoms with Gasteiger partial charge >= 0.3 is 0 Å². The Morgan fingerprint density at radius 3 is 2.20 bits per heavy atom. The van der Waals surface area contributed by atoms with Crippen LogP contribution in [0.3, 0.4) is 0 Å². The fourth-order valence-corrected chi connectivity index (χ4v) is 3.76. The van der Waals surface area contributed by atoms with Crippen LogP contribution in [0.25, 0.3) is 11.1 Å². The van der Waals surface area contributed by atoms with E-state index in [1.807, 2.05) is 6.92 Å². The van der Waals surface area contributed by atoms with Gasteiger partial charge in [-0.3, -0.25) is 0 Å². The molecule has 188 valence electrons. The van der Waals surface area contributed by atoms with Crippen molar-refractivity contribution in [3.05, 3.63) is 103 Å². The Kier molecular flexibility index (Phi) is 10.9. The molecule has 1 fully saturated rings. The average Bonchev–Trinajstić information content (AvgIpc) is 2.85. The minimum atomic E-state index is -0.888. The number of rotatable bonds is 8. The van der Waals surface area contributed by atoms with Crippen LogP contribution in [0.4, 0.5) is 13.2 Å². The van der Waals surface area contributed by atoms with Gasteiger partial charge in [-0.25, -0.2) is 13.2 Å². The minimum Gasteiger partial charge on any atom is -0.497 e. The Bertz CT molecular complexity index is 1050. The van der Waals surface area contributed by atoms with Crippen molar-refractivity contribution in [2.45, 2.75) is 44.6 Å². The largest absolute Gasteiger partial charge is 0.497 e. The summed E-state index contributed by atoms with van der Waals surface area (Å²) in [5, 5.41) is 9.64. The highest BCUT2D eigenvalue weighted by molar-refractivity contribution is 5.65. The summed E-state index contributed by atoms with van der Waals surface area (Å²) < 4.78 is 53.9. The van der Waals surface area contributed by atoms with Crippen LogP contribution in [-0.4, -0.2) is 24.9 Å². The molecule has 1 aliphatic rings. The lowest BCUT2D eigenvalue weighted by molar-refractivity contribution is 0.122. The number of aliphatic hydroxyl groups is 1. The van der Waals surface area contributed by atoms with Crippen molar-refractivity contribution in [1.29, 1.82) is 0 Å². The number of allylic oxidation sites excluding steroid dienone is 2. The number of halogens is 3. The zero-order valence-electron chi connectivity index (χ0n) is 20.3. The van der Waals surface area contributed by atoms with Crippen molar-refractivity contribution >= 4 is 0 Å². The van der Waals surface area contributed by atoms with Crippen LogP contribution < -0.4 is 4.74 Å². The molecule has 6 heteroatoms. The average molecular weight is 487 g/mol. The molecule has 0 radical (unpaired) electrons. The lowest BCUT2D eigenvalue weighted by Crippen LogP contribution is -2.18. The highest BCUT2D eigenvalue weighted by atomic mass is 19.2. The Labute approximate surface area is 205 Å². The zero-order valence-corrected chi connectivity index (χ0v) is 20.3. The fraction of sp³-hybridized carbons (Fsp3) is 0.310. The summed E-state index contributed by atoms with van der Waals surface area (Å²) in [5.74, 6) is -1.80. The minimum absolute atomic E-state index is 0.0821. The second kappa shape index (κ2) is 13.6. The van der Waals surface area contributed by atoms with Gasteiger partial charge < -0.3 is 14.6 Å². The van der Waals surface area contributed by atoms with Gasteiger partial charge in [-0.05, 0) is 61.8 Å². The summed E-state index contributed by atoms with van der Waals surface area (Å²) in [6.45, 7) is 12.3. The van der Waals surface area contributed by atoms with Gasteiger partial charge in [0.1, 0.15) is 23.9 Å². The first kappa shape index (κ1) is 28.0. The van der Waals surface area contributed by atoms with Crippen molar-refractivity contribution in [1.82, 2.24) is 0 Å². The molecule has 0 aliphatic heterocycles. The molecule has 0 heterocycles. The molecule has 0 bridgehead atoms. The van der Waals surface area contributed by atoms with Gasteiger partial charge in [0.25, 0.3) is 0 Å². The first-order chi connectivity index (χ1) is 16.7. The molecular weight excluding hydrogens is 453 g/mol. The third-order valence-electron chi connectivity index (χ3n) is 5.71. The Morgan fingerprint density at radius 1 is 1.03 bits per heavy atom. The maximum Gasteiger partial charge on any atom is 0.166 e. The van der Waals surface area contributed by atoms with Crippen LogP contribution in [0.2, 0.25) is 0 Å². The summed E-state index contributed by atoms with van der Waals surface area (Å²) in [6.07, 6.45) is 5.00. The summed E-state index contributed by atoms with van der Waals surface area (Å²) in [7, 11) is 1.39. The molecule has 3 rings (SSSR count). The Balaban J connectivity index is 0.00000137. The Hall–Kier alpha value is -3.25. The molecule has 1 aliphatic carbocycles. The van der Waals surface area contributed by atoms with Crippen LogP contribution in [0.1, 0.15) is 44.1 Å². The molecule has 0 atom stereocenters. The van der Waals surface area contributed by atoms with E-state index in [2.05, 4.69) is 19.7 Å². The molecule has 0 spiro atoms. The number of hydrogen-bond acceptors (Lipinski definition) is 3. The summed E-state index contributed by atoms with van der Waals surface area (Å²) in [6, 6.07) is 9.65. The van der Waals surface area contributed by atoms with Crippen LogP contribution in [0.5, 0.6) is 5.75 Å². The summed E-state index contributed by atoms with van der Waals surface area (Å²) in [4.78, 5) is 0. The highest BCUT2D eigenvalue weighted by Crippen LogP contribution is 2.37. The van der Waals surface area contributed by atoms with Crippen LogP contribution >= 0.6 is 0 Å². The molecule has 1 N–H and O–H groups in total. The van der Waals surface area contributed by atoms with E-state index in [-0.39, 0.29) is 35.5 Å². The van der Waals surface area contributed by atoms with Crippen molar-refractivity contribution < 1.29 is 27.8 Å². The SMILES string of the molecule is C=C(/C=C(/F)C(=C)COc1ccc(-c2ccc(C3CCC(O)CC3)c(F)c2F)cc1)OC.C=CC. The van der Waals surface area contributed by atoms with E-state index in [4.69, 9.17) is 9.47 Å². The van der Waals surface area contributed by atoms with Crippen molar-refractivity contribution in [3.8, 4) is 16.9 Å².